The average molecular weight is 309 g/mol. The van der Waals surface area contributed by atoms with Crippen LogP contribution in [-0.4, -0.2) is 23.3 Å². The standard InChI is InChI=1S/C18H19N3O2/c1-2-13-6-8-15(9-7-13)21-12-14(11-17(21)22)18(23)20-16-5-3-4-10-19-16/h3-10,14H,2,11-12H2,1H3,(H,19,20,23)/t14-/m0/s1. The van der Waals surface area contributed by atoms with Crippen LogP contribution in [0.15, 0.2) is 48.7 Å². The van der Waals surface area contributed by atoms with E-state index >= 15 is 0 Å². The van der Waals surface area contributed by atoms with E-state index in [1.54, 1.807) is 23.2 Å². The van der Waals surface area contributed by atoms with Gasteiger partial charge in [-0.25, -0.2) is 4.98 Å². The minimum Gasteiger partial charge on any atom is -0.312 e. The molecule has 2 aromatic rings. The second kappa shape index (κ2) is 6.60. The Balaban J connectivity index is 1.67. The van der Waals surface area contributed by atoms with Crippen LogP contribution in [0.4, 0.5) is 11.5 Å². The maximum atomic E-state index is 12.3. The van der Waals surface area contributed by atoms with Crippen LogP contribution >= 0.6 is 0 Å². The highest BCUT2D eigenvalue weighted by atomic mass is 16.2. The lowest BCUT2D eigenvalue weighted by Crippen LogP contribution is -2.28. The van der Waals surface area contributed by atoms with Gasteiger partial charge in [0.2, 0.25) is 11.8 Å². The topological polar surface area (TPSA) is 62.3 Å². The molecule has 0 unspecified atom stereocenters. The van der Waals surface area contributed by atoms with Crippen LogP contribution in [-0.2, 0) is 16.0 Å². The zero-order valence-corrected chi connectivity index (χ0v) is 13.0. The molecule has 1 atom stereocenters. The molecule has 1 N–H and O–H groups in total. The second-order valence-corrected chi connectivity index (χ2v) is 5.63. The normalized spacial score (nSPS) is 17.3. The van der Waals surface area contributed by atoms with Crippen LogP contribution in [0, 0.1) is 5.92 Å². The van der Waals surface area contributed by atoms with E-state index < -0.39 is 0 Å². The van der Waals surface area contributed by atoms with Crippen molar-refractivity contribution < 1.29 is 9.59 Å². The summed E-state index contributed by atoms with van der Waals surface area (Å²) in [6, 6.07) is 13.2. The van der Waals surface area contributed by atoms with Crippen molar-refractivity contribution in [3.8, 4) is 0 Å². The molecular formula is C18H19N3O2. The van der Waals surface area contributed by atoms with Gasteiger partial charge in [-0.2, -0.15) is 0 Å². The molecule has 1 aliphatic heterocycles. The summed E-state index contributed by atoms with van der Waals surface area (Å²) < 4.78 is 0. The number of amides is 2. The molecule has 2 amide bonds. The second-order valence-electron chi connectivity index (χ2n) is 5.63. The molecule has 1 aliphatic rings. The zero-order chi connectivity index (χ0) is 16.2. The Hall–Kier alpha value is -2.69. The maximum absolute atomic E-state index is 12.3. The fourth-order valence-corrected chi connectivity index (χ4v) is 2.71. The Bertz CT molecular complexity index is 698. The SMILES string of the molecule is CCc1ccc(N2C[C@@H](C(=O)Nc3ccccn3)CC2=O)cc1. The molecule has 5 heteroatoms. The van der Waals surface area contributed by atoms with Gasteiger partial charge in [0.25, 0.3) is 0 Å². The Kier molecular flexibility index (Phi) is 4.37. The summed E-state index contributed by atoms with van der Waals surface area (Å²) in [5, 5.41) is 2.77. The van der Waals surface area contributed by atoms with Crippen LogP contribution in [0.25, 0.3) is 0 Å². The predicted molar refractivity (Wildman–Crippen MR) is 89.1 cm³/mol. The molecule has 2 heterocycles. The molecule has 23 heavy (non-hydrogen) atoms. The molecule has 3 rings (SSSR count). The molecule has 1 aromatic carbocycles. The summed E-state index contributed by atoms with van der Waals surface area (Å²) in [5.41, 5.74) is 2.07. The first-order chi connectivity index (χ1) is 11.2. The van der Waals surface area contributed by atoms with Crippen LogP contribution < -0.4 is 10.2 Å². The number of benzene rings is 1. The lowest BCUT2D eigenvalue weighted by Gasteiger charge is -2.17. The number of nitrogens with zero attached hydrogens (tertiary/aromatic N) is 2. The van der Waals surface area contributed by atoms with Gasteiger partial charge in [-0.3, -0.25) is 9.59 Å². The van der Waals surface area contributed by atoms with E-state index in [-0.39, 0.29) is 24.2 Å². The summed E-state index contributed by atoms with van der Waals surface area (Å²) >= 11 is 0. The lowest BCUT2D eigenvalue weighted by atomic mass is 10.1. The van der Waals surface area contributed by atoms with Gasteiger partial charge in [-0.05, 0) is 36.2 Å². The van der Waals surface area contributed by atoms with Gasteiger partial charge in [0.15, 0.2) is 0 Å². The molecule has 0 bridgehead atoms. The first-order valence-electron chi connectivity index (χ1n) is 7.78. The van der Waals surface area contributed by atoms with Gasteiger partial charge >= 0.3 is 0 Å². The van der Waals surface area contributed by atoms with Crippen molar-refractivity contribution in [1.29, 1.82) is 0 Å². The number of hydrogen-bond donors (Lipinski definition) is 1. The van der Waals surface area contributed by atoms with Gasteiger partial charge in [0.05, 0.1) is 5.92 Å². The number of anilines is 2. The molecule has 0 radical (unpaired) electrons. The molecule has 1 saturated heterocycles. The minimum absolute atomic E-state index is 0.0181. The van der Waals surface area contributed by atoms with E-state index in [0.717, 1.165) is 12.1 Å². The molecule has 1 fully saturated rings. The summed E-state index contributed by atoms with van der Waals surface area (Å²) in [6.45, 7) is 2.50. The molecule has 0 spiro atoms. The minimum atomic E-state index is -0.352. The monoisotopic (exact) mass is 309 g/mol. The van der Waals surface area contributed by atoms with Gasteiger partial charge in [-0.1, -0.05) is 25.1 Å². The number of pyridine rings is 1. The highest BCUT2D eigenvalue weighted by molar-refractivity contribution is 6.03. The summed E-state index contributed by atoms with van der Waals surface area (Å²) in [5.74, 6) is -0.0220. The number of carbonyl (C=O) groups excluding carboxylic acids is 2. The first-order valence-corrected chi connectivity index (χ1v) is 7.78. The lowest BCUT2D eigenvalue weighted by molar-refractivity contribution is -0.122. The molecule has 0 saturated carbocycles. The fourth-order valence-electron chi connectivity index (χ4n) is 2.71. The Morgan fingerprint density at radius 2 is 2.04 bits per heavy atom. The van der Waals surface area contributed by atoms with Crippen LogP contribution in [0.5, 0.6) is 0 Å². The van der Waals surface area contributed by atoms with Gasteiger partial charge in [0.1, 0.15) is 5.82 Å². The summed E-state index contributed by atoms with van der Waals surface area (Å²) in [7, 11) is 0. The molecular weight excluding hydrogens is 290 g/mol. The number of nitrogens with one attached hydrogen (secondary N) is 1. The number of carbonyl (C=O) groups is 2. The molecule has 5 nitrogen and oxygen atoms in total. The fraction of sp³-hybridized carbons (Fsp3) is 0.278. The van der Waals surface area contributed by atoms with Crippen molar-refractivity contribution in [1.82, 2.24) is 4.98 Å². The van der Waals surface area contributed by atoms with Crippen molar-refractivity contribution in [2.24, 2.45) is 5.92 Å². The van der Waals surface area contributed by atoms with Crippen LogP contribution in [0.3, 0.4) is 0 Å². The molecule has 118 valence electrons. The van der Waals surface area contributed by atoms with E-state index in [1.165, 1.54) is 5.56 Å². The van der Waals surface area contributed by atoms with Crippen molar-refractivity contribution in [3.63, 3.8) is 0 Å². The quantitative estimate of drug-likeness (QED) is 0.944. The van der Waals surface area contributed by atoms with Gasteiger partial charge in [-0.15, -0.1) is 0 Å². The van der Waals surface area contributed by atoms with Crippen LogP contribution in [0.2, 0.25) is 0 Å². The third-order valence-electron chi connectivity index (χ3n) is 4.07. The summed E-state index contributed by atoms with van der Waals surface area (Å²) in [6.07, 6.45) is 2.81. The average Bonchev–Trinajstić information content (AvgIpc) is 2.98. The number of hydrogen-bond acceptors (Lipinski definition) is 3. The van der Waals surface area contributed by atoms with E-state index in [9.17, 15) is 9.59 Å². The first kappa shape index (κ1) is 15.2. The Labute approximate surface area is 135 Å². The maximum Gasteiger partial charge on any atom is 0.230 e. The molecule has 1 aromatic heterocycles. The predicted octanol–water partition coefficient (Wildman–Crippen LogP) is 2.64. The highest BCUT2D eigenvalue weighted by Gasteiger charge is 2.35. The number of aryl methyl sites for hydroxylation is 1. The Morgan fingerprint density at radius 1 is 1.26 bits per heavy atom. The zero-order valence-electron chi connectivity index (χ0n) is 13.0. The third-order valence-corrected chi connectivity index (χ3v) is 4.07. The van der Waals surface area contributed by atoms with Crippen molar-refractivity contribution in [2.45, 2.75) is 19.8 Å². The van der Waals surface area contributed by atoms with Crippen molar-refractivity contribution in [2.75, 3.05) is 16.8 Å². The van der Waals surface area contributed by atoms with E-state index in [2.05, 4.69) is 17.2 Å². The van der Waals surface area contributed by atoms with Gasteiger partial charge in [0, 0.05) is 24.8 Å². The molecule has 0 aliphatic carbocycles. The number of aromatic nitrogens is 1. The van der Waals surface area contributed by atoms with Crippen molar-refractivity contribution in [3.05, 3.63) is 54.2 Å². The van der Waals surface area contributed by atoms with E-state index in [0.29, 0.717) is 12.4 Å². The van der Waals surface area contributed by atoms with E-state index in [1.807, 2.05) is 30.3 Å². The summed E-state index contributed by atoms with van der Waals surface area (Å²) in [4.78, 5) is 30.3. The highest BCUT2D eigenvalue weighted by Crippen LogP contribution is 2.26. The third kappa shape index (κ3) is 3.39. The smallest absolute Gasteiger partial charge is 0.230 e. The van der Waals surface area contributed by atoms with E-state index in [4.69, 9.17) is 0 Å². The van der Waals surface area contributed by atoms with Crippen molar-refractivity contribution >= 4 is 23.3 Å². The van der Waals surface area contributed by atoms with Crippen LogP contribution in [0.1, 0.15) is 18.9 Å². The Morgan fingerprint density at radius 3 is 2.70 bits per heavy atom. The number of rotatable bonds is 4. The van der Waals surface area contributed by atoms with Gasteiger partial charge < -0.3 is 10.2 Å². The largest absolute Gasteiger partial charge is 0.312 e.